The highest BCUT2D eigenvalue weighted by molar-refractivity contribution is 5.97. The Morgan fingerprint density at radius 2 is 1.53 bits per heavy atom. The molecule has 2 amide bonds. The van der Waals surface area contributed by atoms with Gasteiger partial charge in [-0.1, -0.05) is 18.2 Å². The van der Waals surface area contributed by atoms with Crippen LogP contribution in [-0.2, 0) is 14.3 Å². The number of benzene rings is 2. The summed E-state index contributed by atoms with van der Waals surface area (Å²) < 4.78 is 20.8. The first-order chi connectivity index (χ1) is 15.2. The van der Waals surface area contributed by atoms with E-state index < -0.39 is 18.5 Å². The van der Waals surface area contributed by atoms with Gasteiger partial charge in [0.2, 0.25) is 11.7 Å². The summed E-state index contributed by atoms with van der Waals surface area (Å²) in [6.07, 6.45) is 0. The summed E-state index contributed by atoms with van der Waals surface area (Å²) >= 11 is 0. The smallest absolute Gasteiger partial charge is 0.342 e. The Labute approximate surface area is 187 Å². The number of hydrogen-bond acceptors (Lipinski definition) is 7. The summed E-state index contributed by atoms with van der Waals surface area (Å²) in [7, 11) is 5.71. The first kappa shape index (κ1) is 24.5. The third kappa shape index (κ3) is 5.69. The van der Waals surface area contributed by atoms with Crippen molar-refractivity contribution in [3.05, 3.63) is 47.0 Å². The van der Waals surface area contributed by atoms with Gasteiger partial charge in [0.1, 0.15) is 5.56 Å². The van der Waals surface area contributed by atoms with Gasteiger partial charge in [0.15, 0.2) is 18.1 Å². The van der Waals surface area contributed by atoms with Gasteiger partial charge in [-0.05, 0) is 37.1 Å². The Kier molecular flexibility index (Phi) is 8.46. The number of hydrogen-bond donors (Lipinski definition) is 1. The number of likely N-dealkylation sites (N-methyl/N-ethyl adjacent to an activating group) is 1. The molecule has 9 heteroatoms. The van der Waals surface area contributed by atoms with Crippen molar-refractivity contribution < 1.29 is 33.3 Å². The molecule has 2 aromatic carbocycles. The van der Waals surface area contributed by atoms with E-state index in [1.165, 1.54) is 45.4 Å². The number of aryl methyl sites for hydroxylation is 2. The van der Waals surface area contributed by atoms with Crippen LogP contribution < -0.4 is 19.5 Å². The van der Waals surface area contributed by atoms with Gasteiger partial charge >= 0.3 is 5.97 Å². The molecule has 0 aliphatic rings. The molecule has 2 aromatic rings. The number of para-hydroxylation sites is 1. The fourth-order valence-corrected chi connectivity index (χ4v) is 3.07. The van der Waals surface area contributed by atoms with Crippen LogP contribution in [0.1, 0.15) is 21.5 Å². The fraction of sp³-hybridized carbons (Fsp3) is 0.348. The lowest BCUT2D eigenvalue weighted by atomic mass is 10.1. The molecule has 0 saturated carbocycles. The fourth-order valence-electron chi connectivity index (χ4n) is 3.07. The molecule has 0 fully saturated rings. The number of methoxy groups -OCH3 is 3. The van der Waals surface area contributed by atoms with Crippen LogP contribution >= 0.6 is 0 Å². The molecule has 0 aliphatic carbocycles. The Morgan fingerprint density at radius 1 is 0.906 bits per heavy atom. The minimum Gasteiger partial charge on any atom is -0.493 e. The van der Waals surface area contributed by atoms with E-state index in [0.717, 1.165) is 11.1 Å². The maximum atomic E-state index is 12.5. The topological polar surface area (TPSA) is 103 Å². The zero-order chi connectivity index (χ0) is 23.8. The molecule has 0 unspecified atom stereocenters. The molecule has 32 heavy (non-hydrogen) atoms. The molecular weight excluding hydrogens is 416 g/mol. The van der Waals surface area contributed by atoms with Gasteiger partial charge in [0.05, 0.1) is 27.9 Å². The standard InChI is InChI=1S/C23H28N2O7/c1-14-8-7-9-15(2)20(14)24-18(26)12-25(3)19(27)13-32-23(28)16-10-11-17(29-4)22(31-6)21(16)30-5/h7-11H,12-13H2,1-6H3,(H,24,26). The first-order valence-electron chi connectivity index (χ1n) is 9.79. The normalized spacial score (nSPS) is 10.2. The zero-order valence-corrected chi connectivity index (χ0v) is 19.1. The van der Waals surface area contributed by atoms with E-state index in [9.17, 15) is 14.4 Å². The van der Waals surface area contributed by atoms with Crippen molar-refractivity contribution in [2.45, 2.75) is 13.8 Å². The number of carbonyl (C=O) groups is 3. The molecule has 0 heterocycles. The SMILES string of the molecule is COc1ccc(C(=O)OCC(=O)N(C)CC(=O)Nc2c(C)cccc2C)c(OC)c1OC. The summed E-state index contributed by atoms with van der Waals surface area (Å²) in [6.45, 7) is 3.05. The Hall–Kier alpha value is -3.75. The van der Waals surface area contributed by atoms with Crippen molar-refractivity contribution in [2.24, 2.45) is 0 Å². The van der Waals surface area contributed by atoms with E-state index in [2.05, 4.69) is 5.32 Å². The van der Waals surface area contributed by atoms with Crippen LogP contribution in [-0.4, -0.2) is 64.2 Å². The summed E-state index contributed by atoms with van der Waals surface area (Å²) in [5.41, 5.74) is 2.63. The van der Waals surface area contributed by atoms with Gasteiger partial charge < -0.3 is 29.2 Å². The maximum absolute atomic E-state index is 12.5. The highest BCUT2D eigenvalue weighted by atomic mass is 16.5. The number of nitrogens with one attached hydrogen (secondary N) is 1. The van der Waals surface area contributed by atoms with E-state index in [4.69, 9.17) is 18.9 Å². The van der Waals surface area contributed by atoms with Crippen molar-refractivity contribution in [1.29, 1.82) is 0 Å². The lowest BCUT2D eigenvalue weighted by Crippen LogP contribution is -2.37. The maximum Gasteiger partial charge on any atom is 0.342 e. The van der Waals surface area contributed by atoms with Crippen LogP contribution in [0.5, 0.6) is 17.2 Å². The quantitative estimate of drug-likeness (QED) is 0.593. The molecule has 0 bridgehead atoms. The molecule has 2 rings (SSSR count). The van der Waals surface area contributed by atoms with Crippen LogP contribution in [0.15, 0.2) is 30.3 Å². The second kappa shape index (κ2) is 11.0. The number of nitrogens with zero attached hydrogens (tertiary/aromatic N) is 1. The van der Waals surface area contributed by atoms with Crippen molar-refractivity contribution in [2.75, 3.05) is 46.8 Å². The predicted octanol–water partition coefficient (Wildman–Crippen LogP) is 2.58. The van der Waals surface area contributed by atoms with Crippen LogP contribution in [0, 0.1) is 13.8 Å². The van der Waals surface area contributed by atoms with E-state index >= 15 is 0 Å². The number of carbonyl (C=O) groups excluding carboxylic acids is 3. The van der Waals surface area contributed by atoms with Crippen LogP contribution in [0.4, 0.5) is 5.69 Å². The second-order valence-corrected chi connectivity index (χ2v) is 7.02. The summed E-state index contributed by atoms with van der Waals surface area (Å²) in [6, 6.07) is 8.66. The zero-order valence-electron chi connectivity index (χ0n) is 19.1. The minimum absolute atomic E-state index is 0.0772. The lowest BCUT2D eigenvalue weighted by molar-refractivity contribution is -0.136. The van der Waals surface area contributed by atoms with Gasteiger partial charge in [-0.15, -0.1) is 0 Å². The molecule has 9 nitrogen and oxygen atoms in total. The first-order valence-corrected chi connectivity index (χ1v) is 9.79. The average Bonchev–Trinajstić information content (AvgIpc) is 2.78. The molecule has 0 radical (unpaired) electrons. The Bertz CT molecular complexity index is 984. The highest BCUT2D eigenvalue weighted by Gasteiger charge is 2.23. The lowest BCUT2D eigenvalue weighted by Gasteiger charge is -2.18. The third-order valence-corrected chi connectivity index (χ3v) is 4.80. The largest absolute Gasteiger partial charge is 0.493 e. The van der Waals surface area contributed by atoms with Crippen molar-refractivity contribution in [1.82, 2.24) is 4.90 Å². The third-order valence-electron chi connectivity index (χ3n) is 4.80. The molecular formula is C23H28N2O7. The molecule has 0 spiro atoms. The molecule has 172 valence electrons. The second-order valence-electron chi connectivity index (χ2n) is 7.02. The molecule has 0 atom stereocenters. The van der Waals surface area contributed by atoms with Crippen LogP contribution in [0.3, 0.4) is 0 Å². The summed E-state index contributed by atoms with van der Waals surface area (Å²) in [5.74, 6) is -0.918. The number of rotatable bonds is 9. The average molecular weight is 444 g/mol. The number of amides is 2. The van der Waals surface area contributed by atoms with E-state index in [0.29, 0.717) is 11.4 Å². The summed E-state index contributed by atoms with van der Waals surface area (Å²) in [5, 5.41) is 2.81. The van der Waals surface area contributed by atoms with Gasteiger partial charge in [0, 0.05) is 12.7 Å². The van der Waals surface area contributed by atoms with Gasteiger partial charge in [0.25, 0.3) is 5.91 Å². The van der Waals surface area contributed by atoms with Crippen molar-refractivity contribution in [3.63, 3.8) is 0 Å². The van der Waals surface area contributed by atoms with E-state index in [1.54, 1.807) is 0 Å². The number of ether oxygens (including phenoxy) is 4. The van der Waals surface area contributed by atoms with Crippen molar-refractivity contribution >= 4 is 23.5 Å². The number of esters is 1. The van der Waals surface area contributed by atoms with E-state index in [-0.39, 0.29) is 29.5 Å². The molecule has 0 aromatic heterocycles. The predicted molar refractivity (Wildman–Crippen MR) is 119 cm³/mol. The molecule has 1 N–H and O–H groups in total. The Balaban J connectivity index is 1.98. The minimum atomic E-state index is -0.774. The molecule has 0 saturated heterocycles. The Morgan fingerprint density at radius 3 is 2.09 bits per heavy atom. The monoisotopic (exact) mass is 444 g/mol. The number of anilines is 1. The van der Waals surface area contributed by atoms with Crippen LogP contribution in [0.2, 0.25) is 0 Å². The van der Waals surface area contributed by atoms with Gasteiger partial charge in [-0.25, -0.2) is 4.79 Å². The summed E-state index contributed by atoms with van der Waals surface area (Å²) in [4.78, 5) is 38.4. The van der Waals surface area contributed by atoms with Crippen molar-refractivity contribution in [3.8, 4) is 17.2 Å². The molecule has 0 aliphatic heterocycles. The van der Waals surface area contributed by atoms with Crippen LogP contribution in [0.25, 0.3) is 0 Å². The van der Waals surface area contributed by atoms with Gasteiger partial charge in [-0.2, -0.15) is 0 Å². The van der Waals surface area contributed by atoms with E-state index in [1.807, 2.05) is 32.0 Å². The highest BCUT2D eigenvalue weighted by Crippen LogP contribution is 2.39. The van der Waals surface area contributed by atoms with Gasteiger partial charge in [-0.3, -0.25) is 9.59 Å².